The van der Waals surface area contributed by atoms with E-state index in [-0.39, 0.29) is 11.6 Å². The Morgan fingerprint density at radius 2 is 1.18 bits per heavy atom. The third-order valence-electron chi connectivity index (χ3n) is 6.40. The van der Waals surface area contributed by atoms with Crippen LogP contribution in [-0.2, 0) is 37.8 Å². The van der Waals surface area contributed by atoms with E-state index in [1.165, 1.54) is 13.8 Å². The van der Waals surface area contributed by atoms with Crippen molar-refractivity contribution in [3.8, 4) is 0 Å². The van der Waals surface area contributed by atoms with Crippen molar-refractivity contribution < 1.29 is 42.9 Å². The predicted molar refractivity (Wildman–Crippen MR) is 141 cm³/mol. The largest absolute Gasteiger partial charge is 0.456 e. The topological polar surface area (TPSA) is 118 Å². The Morgan fingerprint density at radius 1 is 0.763 bits per heavy atom. The normalized spacial score (nSPS) is 23.8. The predicted octanol–water partition coefficient (Wildman–Crippen LogP) is 2.08. The van der Waals surface area contributed by atoms with Crippen molar-refractivity contribution in [2.45, 2.75) is 77.3 Å². The number of esters is 3. The van der Waals surface area contributed by atoms with Crippen LogP contribution < -0.4 is 10.4 Å². The highest BCUT2D eigenvalue weighted by atomic mass is 28.4. The third kappa shape index (κ3) is 6.50. The van der Waals surface area contributed by atoms with Crippen molar-refractivity contribution in [2.24, 2.45) is 0 Å². The molecular weight excluding hydrogens is 508 g/mol. The van der Waals surface area contributed by atoms with E-state index in [2.05, 4.69) is 20.8 Å². The van der Waals surface area contributed by atoms with Gasteiger partial charge < -0.3 is 28.5 Å². The van der Waals surface area contributed by atoms with Gasteiger partial charge in [-0.2, -0.15) is 0 Å². The fourth-order valence-electron chi connectivity index (χ4n) is 4.97. The summed E-state index contributed by atoms with van der Waals surface area (Å²) in [6.45, 7) is 9.75. The van der Waals surface area contributed by atoms with Crippen LogP contribution in [0.1, 0.15) is 41.5 Å². The van der Waals surface area contributed by atoms with E-state index < -0.39 is 56.9 Å². The van der Waals surface area contributed by atoms with E-state index >= 15 is 0 Å². The van der Waals surface area contributed by atoms with Gasteiger partial charge >= 0.3 is 17.9 Å². The molecule has 0 aromatic heterocycles. The van der Waals surface area contributed by atoms with Crippen LogP contribution in [0.2, 0.25) is 5.04 Å². The monoisotopic (exact) mass is 544 g/mol. The molecule has 9 nitrogen and oxygen atoms in total. The molecule has 206 valence electrons. The fourth-order valence-corrected chi connectivity index (χ4v) is 9.54. The summed E-state index contributed by atoms with van der Waals surface area (Å²) in [5.74, 6) is -2.09. The van der Waals surface area contributed by atoms with Gasteiger partial charge in [-0.1, -0.05) is 81.4 Å². The molecule has 2 aromatic rings. The standard InChI is InChI=1S/C28H36O9Si/c1-18(29)34-24-23(37-27(32)26(36-20(3)31)25(24)35-19(2)30)17-33-38(28(4,5)6,21-13-9-7-10-14-21)22-15-11-8-12-16-22/h7-16,23-27,32H,17H2,1-6H3/t23-,24+,25+,26-,27+/m1/s1. The van der Waals surface area contributed by atoms with Crippen LogP contribution >= 0.6 is 0 Å². The van der Waals surface area contributed by atoms with Crippen LogP contribution in [0.5, 0.6) is 0 Å². The summed E-state index contributed by atoms with van der Waals surface area (Å²) in [6, 6.07) is 19.8. The molecular formula is C28H36O9Si. The molecule has 1 heterocycles. The van der Waals surface area contributed by atoms with Gasteiger partial charge in [0.05, 0.1) is 6.61 Å². The molecule has 1 aliphatic heterocycles. The van der Waals surface area contributed by atoms with Gasteiger partial charge in [0.25, 0.3) is 8.32 Å². The molecule has 1 N–H and O–H groups in total. The first-order chi connectivity index (χ1) is 17.9. The smallest absolute Gasteiger partial charge is 0.303 e. The zero-order valence-corrected chi connectivity index (χ0v) is 23.6. The van der Waals surface area contributed by atoms with Crippen LogP contribution in [0, 0.1) is 0 Å². The molecule has 0 amide bonds. The highest BCUT2D eigenvalue weighted by Gasteiger charge is 2.54. The van der Waals surface area contributed by atoms with Gasteiger partial charge in [-0.3, -0.25) is 14.4 Å². The maximum atomic E-state index is 12.1. The van der Waals surface area contributed by atoms with Gasteiger partial charge in [0, 0.05) is 20.8 Å². The van der Waals surface area contributed by atoms with E-state index in [1.54, 1.807) is 0 Å². The lowest BCUT2D eigenvalue weighted by Crippen LogP contribution is -2.68. The minimum atomic E-state index is -3.02. The maximum Gasteiger partial charge on any atom is 0.303 e. The zero-order chi connectivity index (χ0) is 28.1. The molecule has 0 radical (unpaired) electrons. The van der Waals surface area contributed by atoms with Gasteiger partial charge in [-0.05, 0) is 15.4 Å². The van der Waals surface area contributed by atoms with Crippen LogP contribution in [0.3, 0.4) is 0 Å². The number of hydrogen-bond acceptors (Lipinski definition) is 9. The number of carbonyl (C=O) groups is 3. The van der Waals surface area contributed by atoms with Gasteiger partial charge in [0.1, 0.15) is 6.10 Å². The number of aliphatic hydroxyl groups excluding tert-OH is 1. The highest BCUT2D eigenvalue weighted by molar-refractivity contribution is 6.99. The summed E-state index contributed by atoms with van der Waals surface area (Å²) >= 11 is 0. The molecule has 2 aromatic carbocycles. The first-order valence-electron chi connectivity index (χ1n) is 12.5. The lowest BCUT2D eigenvalue weighted by atomic mass is 9.98. The molecule has 0 aliphatic carbocycles. The molecule has 5 atom stereocenters. The first kappa shape index (κ1) is 29.5. The Bertz CT molecular complexity index is 1060. The Hall–Kier alpha value is -3.05. The molecule has 38 heavy (non-hydrogen) atoms. The Labute approximate surface area is 224 Å². The zero-order valence-electron chi connectivity index (χ0n) is 22.6. The third-order valence-corrected chi connectivity index (χ3v) is 11.4. The van der Waals surface area contributed by atoms with E-state index in [0.717, 1.165) is 17.3 Å². The molecule has 1 aliphatic rings. The maximum absolute atomic E-state index is 12.1. The van der Waals surface area contributed by atoms with Gasteiger partial charge in [0.15, 0.2) is 24.6 Å². The van der Waals surface area contributed by atoms with E-state index in [4.69, 9.17) is 23.4 Å². The Kier molecular flexibility index (Phi) is 9.48. The second kappa shape index (κ2) is 12.2. The van der Waals surface area contributed by atoms with Crippen molar-refractivity contribution in [2.75, 3.05) is 6.61 Å². The fraction of sp³-hybridized carbons (Fsp3) is 0.464. The van der Waals surface area contributed by atoms with Gasteiger partial charge in [-0.25, -0.2) is 0 Å². The number of rotatable bonds is 8. The number of benzene rings is 2. The van der Waals surface area contributed by atoms with Gasteiger partial charge in [0.2, 0.25) is 0 Å². The average Bonchev–Trinajstić information content (AvgIpc) is 2.83. The second-order valence-electron chi connectivity index (χ2n) is 10.3. The van der Waals surface area contributed by atoms with Crippen LogP contribution in [0.4, 0.5) is 0 Å². The quantitative estimate of drug-likeness (QED) is 0.303. The summed E-state index contributed by atoms with van der Waals surface area (Å²) in [6.07, 6.45) is -6.60. The SMILES string of the molecule is CC(=O)O[C@@H]1[C@@H](OC(C)=O)[C@@H](O)O[C@H](CO[Si](c2ccccc2)(c2ccccc2)C(C)(C)C)[C@@H]1OC(C)=O. The summed E-state index contributed by atoms with van der Waals surface area (Å²) < 4.78 is 28.9. The summed E-state index contributed by atoms with van der Waals surface area (Å²) in [4.78, 5) is 35.8. The van der Waals surface area contributed by atoms with Crippen molar-refractivity contribution in [1.29, 1.82) is 0 Å². The number of hydrogen-bond donors (Lipinski definition) is 1. The lowest BCUT2D eigenvalue weighted by molar-refractivity contribution is -0.294. The molecule has 1 saturated heterocycles. The number of aliphatic hydroxyl groups is 1. The first-order valence-corrected chi connectivity index (χ1v) is 14.4. The van der Waals surface area contributed by atoms with Crippen LogP contribution in [-0.4, -0.2) is 68.6 Å². The van der Waals surface area contributed by atoms with Crippen molar-refractivity contribution in [3.63, 3.8) is 0 Å². The molecule has 0 bridgehead atoms. The molecule has 3 rings (SSSR count). The van der Waals surface area contributed by atoms with Gasteiger partial charge in [-0.15, -0.1) is 0 Å². The number of carbonyl (C=O) groups excluding carboxylic acids is 3. The highest BCUT2D eigenvalue weighted by Crippen LogP contribution is 2.38. The molecule has 10 heteroatoms. The number of ether oxygens (including phenoxy) is 4. The molecule has 0 saturated carbocycles. The lowest BCUT2D eigenvalue weighted by Gasteiger charge is -2.46. The minimum absolute atomic E-state index is 0.104. The van der Waals surface area contributed by atoms with E-state index in [0.29, 0.717) is 0 Å². The van der Waals surface area contributed by atoms with Crippen LogP contribution in [0.15, 0.2) is 60.7 Å². The van der Waals surface area contributed by atoms with Crippen molar-refractivity contribution in [3.05, 3.63) is 60.7 Å². The summed E-state index contributed by atoms with van der Waals surface area (Å²) in [7, 11) is -3.02. The Balaban J connectivity index is 2.06. The molecule has 0 spiro atoms. The van der Waals surface area contributed by atoms with Crippen LogP contribution in [0.25, 0.3) is 0 Å². The minimum Gasteiger partial charge on any atom is -0.456 e. The van der Waals surface area contributed by atoms with E-state index in [9.17, 15) is 19.5 Å². The second-order valence-corrected chi connectivity index (χ2v) is 14.6. The van der Waals surface area contributed by atoms with Crippen molar-refractivity contribution >= 4 is 36.6 Å². The molecule has 1 fully saturated rings. The average molecular weight is 545 g/mol. The molecule has 0 unspecified atom stereocenters. The summed E-state index contributed by atoms with van der Waals surface area (Å²) in [5, 5.41) is 12.5. The van der Waals surface area contributed by atoms with Crippen molar-refractivity contribution in [1.82, 2.24) is 0 Å². The van der Waals surface area contributed by atoms with E-state index in [1.807, 2.05) is 60.7 Å². The Morgan fingerprint density at radius 3 is 1.61 bits per heavy atom. The summed E-state index contributed by atoms with van der Waals surface area (Å²) in [5.41, 5.74) is 0.